The monoisotopic (exact) mass is 408 g/mol. The number of nitro groups is 1. The number of anilines is 1. The van der Waals surface area contributed by atoms with Gasteiger partial charge in [-0.2, -0.15) is 5.10 Å². The number of hydrazone groups is 1. The van der Waals surface area contributed by atoms with Gasteiger partial charge in [0, 0.05) is 22.9 Å². The van der Waals surface area contributed by atoms with Crippen molar-refractivity contribution < 1.29 is 14.5 Å². The van der Waals surface area contributed by atoms with E-state index in [1.807, 2.05) is 19.1 Å². The van der Waals surface area contributed by atoms with Gasteiger partial charge in [0.05, 0.1) is 16.0 Å². The third-order valence-electron chi connectivity index (χ3n) is 3.85. The summed E-state index contributed by atoms with van der Waals surface area (Å²) in [6, 6.07) is 16.5. The van der Waals surface area contributed by atoms with E-state index in [2.05, 4.69) is 15.8 Å². The number of nitrogens with zero attached hydrogens (tertiary/aromatic N) is 2. The summed E-state index contributed by atoms with van der Waals surface area (Å²) in [5.74, 6) is -0.751. The lowest BCUT2D eigenvalue weighted by molar-refractivity contribution is -0.380. The second-order valence-corrected chi connectivity index (χ2v) is 7.13. The fraction of sp³-hybridized carbons (Fsp3) is 0.0500. The van der Waals surface area contributed by atoms with Gasteiger partial charge in [-0.1, -0.05) is 35.1 Å². The second kappa shape index (κ2) is 8.89. The molecule has 0 aliphatic heterocycles. The molecule has 146 valence electrons. The fourth-order valence-electron chi connectivity index (χ4n) is 2.38. The van der Waals surface area contributed by atoms with Gasteiger partial charge in [0.15, 0.2) is 0 Å². The van der Waals surface area contributed by atoms with Crippen molar-refractivity contribution in [2.45, 2.75) is 6.92 Å². The van der Waals surface area contributed by atoms with Crippen molar-refractivity contribution in [3.63, 3.8) is 0 Å². The predicted molar refractivity (Wildman–Crippen MR) is 112 cm³/mol. The average Bonchev–Trinajstić information content (AvgIpc) is 3.18. The molecule has 29 heavy (non-hydrogen) atoms. The fourth-order valence-corrected chi connectivity index (χ4v) is 3.07. The highest BCUT2D eigenvalue weighted by Crippen LogP contribution is 2.22. The van der Waals surface area contributed by atoms with Crippen LogP contribution in [0.4, 0.5) is 10.7 Å². The highest BCUT2D eigenvalue weighted by atomic mass is 32.1. The molecule has 1 aromatic heterocycles. The number of carbonyl (C=O) groups is 2. The molecule has 9 heteroatoms. The van der Waals surface area contributed by atoms with E-state index in [4.69, 9.17) is 0 Å². The minimum Gasteiger partial charge on any atom is -0.322 e. The molecule has 0 unspecified atom stereocenters. The lowest BCUT2D eigenvalue weighted by Gasteiger charge is -2.07. The van der Waals surface area contributed by atoms with Crippen LogP contribution < -0.4 is 10.7 Å². The first-order valence-electron chi connectivity index (χ1n) is 8.48. The maximum absolute atomic E-state index is 12.3. The van der Waals surface area contributed by atoms with Crippen LogP contribution in [0.25, 0.3) is 0 Å². The molecule has 3 aromatic rings. The van der Waals surface area contributed by atoms with Crippen molar-refractivity contribution in [1.82, 2.24) is 5.43 Å². The van der Waals surface area contributed by atoms with Gasteiger partial charge in [-0.3, -0.25) is 19.7 Å². The number of hydrogen-bond acceptors (Lipinski definition) is 6. The molecule has 0 atom stereocenters. The van der Waals surface area contributed by atoms with Crippen molar-refractivity contribution in [3.05, 3.63) is 92.3 Å². The van der Waals surface area contributed by atoms with Crippen LogP contribution in [0.5, 0.6) is 0 Å². The molecule has 0 spiro atoms. The minimum atomic E-state index is -0.489. The van der Waals surface area contributed by atoms with Crippen molar-refractivity contribution in [2.24, 2.45) is 5.10 Å². The van der Waals surface area contributed by atoms with Gasteiger partial charge in [-0.25, -0.2) is 5.43 Å². The first kappa shape index (κ1) is 19.9. The summed E-state index contributed by atoms with van der Waals surface area (Å²) in [5, 5.41) is 17.2. The van der Waals surface area contributed by atoms with E-state index in [1.54, 1.807) is 36.4 Å². The van der Waals surface area contributed by atoms with E-state index in [9.17, 15) is 19.7 Å². The number of thiophene rings is 1. The van der Waals surface area contributed by atoms with E-state index in [0.717, 1.165) is 16.9 Å². The Kier molecular flexibility index (Phi) is 6.10. The zero-order chi connectivity index (χ0) is 20.8. The van der Waals surface area contributed by atoms with Gasteiger partial charge < -0.3 is 5.32 Å². The predicted octanol–water partition coefficient (Wildman–Crippen LogP) is 3.98. The third-order valence-corrected chi connectivity index (χ3v) is 4.82. The van der Waals surface area contributed by atoms with Crippen molar-refractivity contribution >= 4 is 40.1 Å². The highest BCUT2D eigenvalue weighted by molar-refractivity contribution is 7.16. The summed E-state index contributed by atoms with van der Waals surface area (Å²) in [7, 11) is 0. The lowest BCUT2D eigenvalue weighted by Crippen LogP contribution is -2.18. The largest absolute Gasteiger partial charge is 0.324 e. The molecule has 3 rings (SSSR count). The van der Waals surface area contributed by atoms with Crippen LogP contribution in [0.1, 0.15) is 31.2 Å². The van der Waals surface area contributed by atoms with E-state index in [-0.39, 0.29) is 10.9 Å². The molecule has 0 aliphatic rings. The van der Waals surface area contributed by atoms with E-state index >= 15 is 0 Å². The van der Waals surface area contributed by atoms with Crippen LogP contribution in [0.2, 0.25) is 0 Å². The van der Waals surface area contributed by atoms with Gasteiger partial charge >= 0.3 is 5.00 Å². The first-order valence-corrected chi connectivity index (χ1v) is 9.30. The average molecular weight is 408 g/mol. The molecular formula is C20H16N4O4S. The quantitative estimate of drug-likeness (QED) is 0.365. The zero-order valence-electron chi connectivity index (χ0n) is 15.3. The van der Waals surface area contributed by atoms with E-state index < -0.39 is 10.8 Å². The summed E-state index contributed by atoms with van der Waals surface area (Å²) >= 11 is 0.949. The molecule has 0 saturated carbocycles. The van der Waals surface area contributed by atoms with Gasteiger partial charge in [0.2, 0.25) is 0 Å². The summed E-state index contributed by atoms with van der Waals surface area (Å²) in [4.78, 5) is 35.3. The maximum atomic E-state index is 12.3. The summed E-state index contributed by atoms with van der Waals surface area (Å²) in [6.45, 7) is 1.94. The Morgan fingerprint density at radius 3 is 2.48 bits per heavy atom. The molecule has 8 nitrogen and oxygen atoms in total. The van der Waals surface area contributed by atoms with Crippen LogP contribution in [0.15, 0.2) is 65.8 Å². The van der Waals surface area contributed by atoms with Crippen LogP contribution in [0.3, 0.4) is 0 Å². The van der Waals surface area contributed by atoms with Crippen LogP contribution in [0, 0.1) is 17.0 Å². The van der Waals surface area contributed by atoms with Gasteiger partial charge in [-0.05, 0) is 43.3 Å². The Balaban J connectivity index is 1.62. The summed E-state index contributed by atoms with van der Waals surface area (Å²) in [5.41, 5.74) is 4.71. The number of nitrogens with one attached hydrogen (secondary N) is 2. The number of benzene rings is 2. The smallest absolute Gasteiger partial charge is 0.322 e. The van der Waals surface area contributed by atoms with Crippen LogP contribution in [-0.4, -0.2) is 23.0 Å². The summed E-state index contributed by atoms with van der Waals surface area (Å²) in [6.07, 6.45) is 1.33. The second-order valence-electron chi connectivity index (χ2n) is 6.03. The molecule has 0 bridgehead atoms. The minimum absolute atomic E-state index is 0.00482. The van der Waals surface area contributed by atoms with E-state index in [0.29, 0.717) is 21.7 Å². The maximum Gasteiger partial charge on any atom is 0.324 e. The molecule has 2 N–H and O–H groups in total. The van der Waals surface area contributed by atoms with Crippen molar-refractivity contribution in [1.29, 1.82) is 0 Å². The first-order chi connectivity index (χ1) is 13.9. The SMILES string of the molecule is Cc1ccc(C(=O)Nc2cccc(C(=O)N/N=C\c3ccc([N+](=O)[O-])s3)c2)cc1. The van der Waals surface area contributed by atoms with Crippen LogP contribution in [-0.2, 0) is 0 Å². The molecule has 0 saturated heterocycles. The molecule has 2 aromatic carbocycles. The Bertz CT molecular complexity index is 1090. The topological polar surface area (TPSA) is 114 Å². The number of rotatable bonds is 6. The lowest BCUT2D eigenvalue weighted by atomic mass is 10.1. The van der Waals surface area contributed by atoms with Gasteiger partial charge in [0.25, 0.3) is 11.8 Å². The Morgan fingerprint density at radius 2 is 1.79 bits per heavy atom. The molecule has 0 radical (unpaired) electrons. The number of hydrogen-bond donors (Lipinski definition) is 2. The van der Waals surface area contributed by atoms with Crippen LogP contribution >= 0.6 is 11.3 Å². The number of aryl methyl sites for hydroxylation is 1. The molecule has 0 fully saturated rings. The van der Waals surface area contributed by atoms with E-state index in [1.165, 1.54) is 18.3 Å². The Labute approximate surface area is 170 Å². The zero-order valence-corrected chi connectivity index (χ0v) is 16.1. The number of carbonyl (C=O) groups excluding carboxylic acids is 2. The normalized spacial score (nSPS) is 10.7. The van der Waals surface area contributed by atoms with Crippen molar-refractivity contribution in [3.8, 4) is 0 Å². The third kappa shape index (κ3) is 5.33. The standard InChI is InChI=1S/C20H16N4O4S/c1-13-5-7-14(8-6-13)19(25)22-16-4-2-3-15(11-16)20(26)23-21-12-17-9-10-18(29-17)24(27)28/h2-12H,1H3,(H,22,25)(H,23,26)/b21-12-. The Hall–Kier alpha value is -3.85. The summed E-state index contributed by atoms with van der Waals surface area (Å²) < 4.78 is 0. The molecule has 0 aliphatic carbocycles. The number of amides is 2. The molecular weight excluding hydrogens is 392 g/mol. The van der Waals surface area contributed by atoms with Gasteiger partial charge in [-0.15, -0.1) is 0 Å². The molecule has 2 amide bonds. The van der Waals surface area contributed by atoms with Gasteiger partial charge in [0.1, 0.15) is 0 Å². The highest BCUT2D eigenvalue weighted by Gasteiger charge is 2.10. The van der Waals surface area contributed by atoms with Crippen molar-refractivity contribution in [2.75, 3.05) is 5.32 Å². The molecule has 1 heterocycles. The Morgan fingerprint density at radius 1 is 1.03 bits per heavy atom.